The van der Waals surface area contributed by atoms with Crippen molar-refractivity contribution in [2.45, 2.75) is 104 Å². The van der Waals surface area contributed by atoms with Crippen LogP contribution >= 0.6 is 0 Å². The van der Waals surface area contributed by atoms with Gasteiger partial charge in [-0.1, -0.05) is 24.3 Å². The van der Waals surface area contributed by atoms with Crippen molar-refractivity contribution in [3.05, 3.63) is 88.8 Å². The second-order valence-electron chi connectivity index (χ2n) is 15.5. The van der Waals surface area contributed by atoms with Crippen LogP contribution in [0, 0.1) is 13.8 Å². The Bertz CT molecular complexity index is 2310. The molecule has 4 unspecified atom stereocenters. The minimum atomic E-state index is -4.72. The van der Waals surface area contributed by atoms with Gasteiger partial charge in [0, 0.05) is 27.3 Å². The molecule has 1 aromatic heterocycles. The molecule has 318 valence electrons. The average molecular weight is 861 g/mol. The van der Waals surface area contributed by atoms with Crippen LogP contribution in [0.4, 0.5) is 26.3 Å². The van der Waals surface area contributed by atoms with Crippen molar-refractivity contribution in [1.82, 2.24) is 14.7 Å². The minimum absolute atomic E-state index is 0.0258. The summed E-state index contributed by atoms with van der Waals surface area (Å²) in [5.74, 6) is -0.450. The molecule has 0 radical (unpaired) electrons. The molecule has 3 aromatic rings. The van der Waals surface area contributed by atoms with E-state index in [9.17, 15) is 48.0 Å². The fourth-order valence-electron chi connectivity index (χ4n) is 7.03. The monoisotopic (exact) mass is 860 g/mol. The highest BCUT2D eigenvalue weighted by Gasteiger charge is 2.48. The Morgan fingerprint density at radius 3 is 1.76 bits per heavy atom. The highest BCUT2D eigenvalue weighted by atomic mass is 32.2. The number of aromatic nitrogens is 2. The van der Waals surface area contributed by atoms with E-state index in [0.29, 0.717) is 12.0 Å². The SMILES string of the molecule is Cc1cccc(S(=O)(=O)C2(C)CCOC(C3=CC(C(F)(F)F)=NC3)C2)c1.Cc1cccc(S(=O)(=O)C2(C)CCOC(c3cc(C(F)(F)F)nn3CC(=O)N(C)C)C2)c1. The van der Waals surface area contributed by atoms with Crippen LogP contribution in [0.2, 0.25) is 0 Å². The van der Waals surface area contributed by atoms with Crippen molar-refractivity contribution >= 4 is 31.3 Å². The highest BCUT2D eigenvalue weighted by Crippen LogP contribution is 2.44. The number of nitrogens with zero attached hydrogens (tertiary/aromatic N) is 4. The third kappa shape index (κ3) is 9.52. The van der Waals surface area contributed by atoms with Gasteiger partial charge in [-0.15, -0.1) is 0 Å². The summed E-state index contributed by atoms with van der Waals surface area (Å²) in [4.78, 5) is 17.3. The second-order valence-corrected chi connectivity index (χ2v) is 20.4. The number of alkyl halides is 6. The molecule has 0 bridgehead atoms. The van der Waals surface area contributed by atoms with Crippen molar-refractivity contribution in [2.24, 2.45) is 4.99 Å². The molecule has 2 aromatic carbocycles. The number of halogens is 6. The lowest BCUT2D eigenvalue weighted by atomic mass is 9.92. The molecule has 0 saturated carbocycles. The highest BCUT2D eigenvalue weighted by molar-refractivity contribution is 7.93. The maximum atomic E-state index is 13.4. The van der Waals surface area contributed by atoms with Crippen molar-refractivity contribution in [2.75, 3.05) is 33.9 Å². The number of hydrogen-bond acceptors (Lipinski definition) is 9. The molecule has 3 aliphatic rings. The fraction of sp³-hybridized carbons (Fsp3) is 0.513. The van der Waals surface area contributed by atoms with Crippen molar-refractivity contribution in [1.29, 1.82) is 0 Å². The van der Waals surface area contributed by atoms with Crippen LogP contribution < -0.4 is 0 Å². The Balaban J connectivity index is 0.000000226. The molecular formula is C39H46F6N4O7S2. The largest absolute Gasteiger partial charge is 0.435 e. The van der Waals surface area contributed by atoms with Crippen molar-refractivity contribution in [3.8, 4) is 0 Å². The summed E-state index contributed by atoms with van der Waals surface area (Å²) in [7, 11) is -4.49. The summed E-state index contributed by atoms with van der Waals surface area (Å²) in [5, 5.41) is 3.57. The third-order valence-electron chi connectivity index (χ3n) is 10.7. The first-order valence-electron chi connectivity index (χ1n) is 18.3. The van der Waals surface area contributed by atoms with E-state index in [2.05, 4.69) is 10.1 Å². The van der Waals surface area contributed by atoms with E-state index < -0.39 is 77.6 Å². The molecule has 58 heavy (non-hydrogen) atoms. The lowest BCUT2D eigenvalue weighted by Crippen LogP contribution is -2.45. The number of allylic oxidation sites excluding steroid dienone is 1. The number of aliphatic imine (C=N–C) groups is 1. The average Bonchev–Trinajstić information content (AvgIpc) is 3.81. The summed E-state index contributed by atoms with van der Waals surface area (Å²) in [5.41, 5.74) is -0.0737. The maximum Gasteiger partial charge on any atom is 0.435 e. The summed E-state index contributed by atoms with van der Waals surface area (Å²) >= 11 is 0. The zero-order valence-electron chi connectivity index (χ0n) is 32.8. The van der Waals surface area contributed by atoms with Crippen LogP contribution in [0.15, 0.2) is 81.0 Å². The van der Waals surface area contributed by atoms with Crippen LogP contribution in [-0.2, 0) is 46.7 Å². The van der Waals surface area contributed by atoms with Gasteiger partial charge >= 0.3 is 12.4 Å². The van der Waals surface area contributed by atoms with E-state index in [1.165, 1.54) is 25.1 Å². The molecule has 3 aliphatic heterocycles. The lowest BCUT2D eigenvalue weighted by molar-refractivity contribution is -0.142. The lowest BCUT2D eigenvalue weighted by Gasteiger charge is -2.38. The predicted molar refractivity (Wildman–Crippen MR) is 203 cm³/mol. The van der Waals surface area contributed by atoms with Gasteiger partial charge in [0.05, 0.1) is 37.6 Å². The minimum Gasteiger partial charge on any atom is -0.374 e. The quantitative estimate of drug-likeness (QED) is 0.220. The van der Waals surface area contributed by atoms with Gasteiger partial charge in [-0.2, -0.15) is 31.4 Å². The molecule has 0 spiro atoms. The van der Waals surface area contributed by atoms with Gasteiger partial charge < -0.3 is 14.4 Å². The van der Waals surface area contributed by atoms with E-state index in [4.69, 9.17) is 9.47 Å². The third-order valence-corrected chi connectivity index (χ3v) is 15.8. The summed E-state index contributed by atoms with van der Waals surface area (Å²) in [6.07, 6.45) is -9.37. The Morgan fingerprint density at radius 2 is 1.31 bits per heavy atom. The zero-order chi connectivity index (χ0) is 43.1. The molecule has 2 saturated heterocycles. The molecule has 0 aliphatic carbocycles. The fourth-order valence-corrected chi connectivity index (χ4v) is 10.8. The number of rotatable bonds is 8. The molecule has 19 heteroatoms. The van der Waals surface area contributed by atoms with Crippen LogP contribution in [0.3, 0.4) is 0 Å². The molecule has 1 amide bonds. The number of likely N-dealkylation sites (N-methyl/N-ethyl adjacent to an activating group) is 1. The molecule has 0 N–H and O–H groups in total. The van der Waals surface area contributed by atoms with Crippen LogP contribution in [-0.4, -0.2) is 98.8 Å². The second kappa shape index (κ2) is 16.5. The number of aryl methyl sites for hydroxylation is 2. The van der Waals surface area contributed by atoms with Gasteiger partial charge in [-0.25, -0.2) is 16.8 Å². The summed E-state index contributed by atoms with van der Waals surface area (Å²) in [6.45, 7) is 6.50. The Morgan fingerprint density at radius 1 is 0.810 bits per heavy atom. The van der Waals surface area contributed by atoms with E-state index in [-0.39, 0.29) is 54.5 Å². The van der Waals surface area contributed by atoms with Gasteiger partial charge in [0.1, 0.15) is 18.4 Å². The molecule has 6 rings (SSSR count). The molecule has 4 heterocycles. The van der Waals surface area contributed by atoms with E-state index in [1.807, 2.05) is 13.0 Å². The number of carbonyl (C=O) groups is 1. The summed E-state index contributed by atoms with van der Waals surface area (Å²) < 4.78 is 141. The Labute approximate surface area is 333 Å². The van der Waals surface area contributed by atoms with E-state index in [1.54, 1.807) is 57.2 Å². The molecule has 11 nitrogen and oxygen atoms in total. The Hall–Kier alpha value is -4.07. The number of sulfone groups is 2. The van der Waals surface area contributed by atoms with Gasteiger partial charge in [-0.3, -0.25) is 14.5 Å². The standard InChI is InChI=1S/C21H26F3N3O4S.C18H20F3NO3S/c1-14-6-5-7-15(10-14)32(29,30)20(2)8-9-31-17(12-20)16-11-18(21(22,23)24)25-27(16)13-19(28)26(3)4;1-12-4-3-5-14(8-12)26(23,24)17(2)6-7-25-15(10-17)13-9-16(22-11-13)18(19,20)21/h5-7,10-11,17H,8-9,12-13H2,1-4H3;3-5,8-9,15H,6-7,10-11H2,1-2H3. The molecular weight excluding hydrogens is 815 g/mol. The van der Waals surface area contributed by atoms with Gasteiger partial charge in [-0.05, 0) is 106 Å². The normalized spacial score (nSPS) is 24.3. The first kappa shape index (κ1) is 45.0. The van der Waals surface area contributed by atoms with Crippen LogP contribution in [0.1, 0.15) is 68.1 Å². The number of hydrogen-bond donors (Lipinski definition) is 0. The van der Waals surface area contributed by atoms with E-state index in [0.717, 1.165) is 28.0 Å². The van der Waals surface area contributed by atoms with Crippen LogP contribution in [0.5, 0.6) is 0 Å². The van der Waals surface area contributed by atoms with Gasteiger partial charge in [0.15, 0.2) is 25.4 Å². The first-order valence-corrected chi connectivity index (χ1v) is 21.3. The van der Waals surface area contributed by atoms with Gasteiger partial charge in [0.2, 0.25) is 5.91 Å². The van der Waals surface area contributed by atoms with Crippen molar-refractivity contribution in [3.63, 3.8) is 0 Å². The number of carbonyl (C=O) groups excluding carboxylic acids is 1. The smallest absolute Gasteiger partial charge is 0.374 e. The summed E-state index contributed by atoms with van der Waals surface area (Å²) in [6, 6.07) is 14.0. The predicted octanol–water partition coefficient (Wildman–Crippen LogP) is 7.03. The van der Waals surface area contributed by atoms with Crippen LogP contribution in [0.25, 0.3) is 0 Å². The molecule has 4 atom stereocenters. The number of ether oxygens (including phenoxy) is 2. The Kier molecular flexibility index (Phi) is 12.8. The first-order chi connectivity index (χ1) is 26.8. The topological polar surface area (TPSA) is 137 Å². The van der Waals surface area contributed by atoms with Gasteiger partial charge in [0.25, 0.3) is 0 Å². The zero-order valence-corrected chi connectivity index (χ0v) is 34.4. The number of benzene rings is 2. The molecule has 2 fully saturated rings. The van der Waals surface area contributed by atoms with Crippen molar-refractivity contribution < 1.29 is 57.4 Å². The number of amides is 1. The van der Waals surface area contributed by atoms with E-state index >= 15 is 0 Å². The maximum absolute atomic E-state index is 13.4.